The van der Waals surface area contributed by atoms with Crippen molar-refractivity contribution in [2.24, 2.45) is 5.92 Å². The molecule has 3 aromatic rings. The zero-order chi connectivity index (χ0) is 20.9. The maximum atomic E-state index is 12.5. The van der Waals surface area contributed by atoms with Crippen LogP contribution in [0.4, 0.5) is 5.69 Å². The van der Waals surface area contributed by atoms with Crippen molar-refractivity contribution in [1.29, 1.82) is 5.26 Å². The minimum Gasteiger partial charge on any atom is -0.367 e. The second kappa shape index (κ2) is 8.87. The number of carbonyl (C=O) groups is 1. The molecule has 1 aromatic carbocycles. The third-order valence-corrected chi connectivity index (χ3v) is 5.45. The van der Waals surface area contributed by atoms with Gasteiger partial charge >= 0.3 is 0 Å². The van der Waals surface area contributed by atoms with Crippen LogP contribution in [0.5, 0.6) is 0 Å². The maximum Gasteiger partial charge on any atom is 0.220 e. The van der Waals surface area contributed by atoms with Crippen LogP contribution < -0.4 is 10.2 Å². The Labute approximate surface area is 175 Å². The van der Waals surface area contributed by atoms with E-state index in [1.165, 1.54) is 0 Å². The van der Waals surface area contributed by atoms with Crippen LogP contribution in [0.2, 0.25) is 0 Å². The first-order chi connectivity index (χ1) is 14.6. The van der Waals surface area contributed by atoms with E-state index in [-0.39, 0.29) is 11.9 Å². The van der Waals surface area contributed by atoms with E-state index < -0.39 is 0 Å². The lowest BCUT2D eigenvalue weighted by atomic mass is 9.94. The van der Waals surface area contributed by atoms with Crippen LogP contribution in [-0.4, -0.2) is 40.0 Å². The molecule has 1 amide bonds. The number of nitrogens with zero attached hydrogens (tertiary/aromatic N) is 5. The minimum atomic E-state index is 0.0578. The van der Waals surface area contributed by atoms with Gasteiger partial charge in [-0.05, 0) is 42.5 Å². The summed E-state index contributed by atoms with van der Waals surface area (Å²) in [6.45, 7) is 3.78. The second-order valence-corrected chi connectivity index (χ2v) is 7.87. The molecule has 1 saturated heterocycles. The summed E-state index contributed by atoms with van der Waals surface area (Å²) in [5, 5.41) is 12.6. The molecule has 1 aliphatic rings. The van der Waals surface area contributed by atoms with Crippen LogP contribution in [0.25, 0.3) is 11.0 Å². The number of piperidine rings is 1. The number of pyridine rings is 1. The van der Waals surface area contributed by atoms with Gasteiger partial charge in [0.1, 0.15) is 17.1 Å². The molecule has 7 heteroatoms. The number of aryl methyl sites for hydroxylation is 1. The van der Waals surface area contributed by atoms with E-state index in [1.807, 2.05) is 18.2 Å². The average Bonchev–Trinajstić information content (AvgIpc) is 2.77. The Morgan fingerprint density at radius 1 is 1.20 bits per heavy atom. The summed E-state index contributed by atoms with van der Waals surface area (Å²) in [6.07, 6.45) is 8.86. The normalized spacial score (nSPS) is 18.7. The van der Waals surface area contributed by atoms with Gasteiger partial charge in [0.25, 0.3) is 0 Å². The Bertz CT molecular complexity index is 1080. The molecule has 0 bridgehead atoms. The number of benzene rings is 1. The highest BCUT2D eigenvalue weighted by Crippen LogP contribution is 2.30. The molecule has 2 unspecified atom stereocenters. The number of nitrogens with one attached hydrogen (secondary N) is 1. The molecule has 1 fully saturated rings. The lowest BCUT2D eigenvalue weighted by Crippen LogP contribution is -2.50. The van der Waals surface area contributed by atoms with Crippen LogP contribution in [-0.2, 0) is 11.2 Å². The predicted octanol–water partition coefficient (Wildman–Crippen LogP) is 2.86. The van der Waals surface area contributed by atoms with Crippen molar-refractivity contribution in [3.05, 3.63) is 60.2 Å². The molecule has 30 heavy (non-hydrogen) atoms. The Kier molecular flexibility index (Phi) is 5.84. The molecule has 2 atom stereocenters. The van der Waals surface area contributed by atoms with Gasteiger partial charge in [0, 0.05) is 50.3 Å². The van der Waals surface area contributed by atoms with Crippen molar-refractivity contribution in [3.8, 4) is 6.07 Å². The first kappa shape index (κ1) is 19.8. The summed E-state index contributed by atoms with van der Waals surface area (Å²) in [7, 11) is 0. The summed E-state index contributed by atoms with van der Waals surface area (Å²) in [6, 6.07) is 9.87. The number of rotatable bonds is 5. The van der Waals surface area contributed by atoms with Gasteiger partial charge in [0.05, 0.1) is 11.3 Å². The zero-order valence-electron chi connectivity index (χ0n) is 17.0. The lowest BCUT2D eigenvalue weighted by molar-refractivity contribution is -0.121. The molecular formula is C23H24N6O. The molecule has 1 aliphatic heterocycles. The monoisotopic (exact) mass is 400 g/mol. The number of nitriles is 1. The van der Waals surface area contributed by atoms with Crippen molar-refractivity contribution < 1.29 is 4.79 Å². The number of amides is 1. The van der Waals surface area contributed by atoms with E-state index in [2.05, 4.69) is 38.2 Å². The van der Waals surface area contributed by atoms with E-state index in [0.717, 1.165) is 29.7 Å². The van der Waals surface area contributed by atoms with Gasteiger partial charge in [-0.3, -0.25) is 19.7 Å². The Balaban J connectivity index is 1.47. The van der Waals surface area contributed by atoms with Crippen molar-refractivity contribution >= 4 is 22.6 Å². The number of hydrogen-bond donors (Lipinski definition) is 1. The van der Waals surface area contributed by atoms with Gasteiger partial charge in [0.15, 0.2) is 0 Å². The molecular weight excluding hydrogens is 376 g/mol. The molecule has 1 N–H and O–H groups in total. The summed E-state index contributed by atoms with van der Waals surface area (Å²) in [5.74, 6) is 0.479. The number of fused-ring (bicyclic) bond motifs is 1. The quantitative estimate of drug-likeness (QED) is 0.708. The maximum absolute atomic E-state index is 12.5. The van der Waals surface area contributed by atoms with Gasteiger partial charge in [-0.1, -0.05) is 13.0 Å². The van der Waals surface area contributed by atoms with E-state index in [4.69, 9.17) is 0 Å². The van der Waals surface area contributed by atoms with Crippen molar-refractivity contribution in [1.82, 2.24) is 20.3 Å². The highest BCUT2D eigenvalue weighted by Gasteiger charge is 2.27. The van der Waals surface area contributed by atoms with E-state index in [1.54, 1.807) is 30.9 Å². The molecule has 0 aliphatic carbocycles. The SMILES string of the molecule is CC1CC(NC(=O)CCc2cccnc2)CN(c2ccc(C#N)c3nccnc23)C1. The van der Waals surface area contributed by atoms with Crippen LogP contribution in [0, 0.1) is 17.2 Å². The first-order valence-electron chi connectivity index (χ1n) is 10.2. The van der Waals surface area contributed by atoms with Gasteiger partial charge in [-0.2, -0.15) is 5.26 Å². The van der Waals surface area contributed by atoms with Crippen molar-refractivity contribution in [2.75, 3.05) is 18.0 Å². The predicted molar refractivity (Wildman–Crippen MR) is 115 cm³/mol. The van der Waals surface area contributed by atoms with E-state index in [0.29, 0.717) is 36.4 Å². The minimum absolute atomic E-state index is 0.0578. The third-order valence-electron chi connectivity index (χ3n) is 5.45. The van der Waals surface area contributed by atoms with Crippen LogP contribution in [0.15, 0.2) is 49.1 Å². The number of aromatic nitrogens is 3. The molecule has 3 heterocycles. The fraction of sp³-hybridized carbons (Fsp3) is 0.348. The van der Waals surface area contributed by atoms with Gasteiger partial charge in [-0.15, -0.1) is 0 Å². The van der Waals surface area contributed by atoms with Gasteiger partial charge < -0.3 is 10.2 Å². The number of anilines is 1. The summed E-state index contributed by atoms with van der Waals surface area (Å²) in [4.78, 5) is 27.7. The smallest absolute Gasteiger partial charge is 0.220 e. The van der Waals surface area contributed by atoms with E-state index in [9.17, 15) is 10.1 Å². The topological polar surface area (TPSA) is 94.8 Å². The van der Waals surface area contributed by atoms with Gasteiger partial charge in [-0.25, -0.2) is 0 Å². The van der Waals surface area contributed by atoms with Crippen molar-refractivity contribution in [3.63, 3.8) is 0 Å². The second-order valence-electron chi connectivity index (χ2n) is 7.87. The lowest BCUT2D eigenvalue weighted by Gasteiger charge is -2.38. The first-order valence-corrected chi connectivity index (χ1v) is 10.2. The third kappa shape index (κ3) is 4.38. The molecule has 0 spiro atoms. The largest absolute Gasteiger partial charge is 0.367 e. The number of hydrogen-bond acceptors (Lipinski definition) is 6. The Morgan fingerprint density at radius 3 is 2.80 bits per heavy atom. The zero-order valence-corrected chi connectivity index (χ0v) is 17.0. The Hall–Kier alpha value is -3.53. The number of carbonyl (C=O) groups excluding carboxylic acids is 1. The fourth-order valence-corrected chi connectivity index (χ4v) is 4.14. The van der Waals surface area contributed by atoms with E-state index >= 15 is 0 Å². The molecule has 0 radical (unpaired) electrons. The molecule has 2 aromatic heterocycles. The Morgan fingerprint density at radius 2 is 2.03 bits per heavy atom. The van der Waals surface area contributed by atoms with Gasteiger partial charge in [0.2, 0.25) is 5.91 Å². The standard InChI is InChI=1S/C23H24N6O/c1-16-11-19(28-21(30)7-4-17-3-2-8-25-13-17)15-29(14-16)20-6-5-18(12-24)22-23(20)27-10-9-26-22/h2-3,5-6,8-10,13,16,19H,4,7,11,14-15H2,1H3,(H,28,30). The van der Waals surface area contributed by atoms with Crippen molar-refractivity contribution in [2.45, 2.75) is 32.2 Å². The fourth-order valence-electron chi connectivity index (χ4n) is 4.14. The van der Waals surface area contributed by atoms with Crippen LogP contribution in [0.1, 0.15) is 30.9 Å². The molecule has 7 nitrogen and oxygen atoms in total. The molecule has 152 valence electrons. The van der Waals surface area contributed by atoms with Crippen LogP contribution in [0.3, 0.4) is 0 Å². The summed E-state index contributed by atoms with van der Waals surface area (Å²) >= 11 is 0. The highest BCUT2D eigenvalue weighted by molar-refractivity contribution is 5.92. The van der Waals surface area contributed by atoms with Crippen LogP contribution >= 0.6 is 0 Å². The average molecular weight is 400 g/mol. The molecule has 4 rings (SSSR count). The highest BCUT2D eigenvalue weighted by atomic mass is 16.1. The molecule has 0 saturated carbocycles. The summed E-state index contributed by atoms with van der Waals surface area (Å²) < 4.78 is 0. The summed E-state index contributed by atoms with van der Waals surface area (Å²) in [5.41, 5.74) is 3.89.